The molecule has 24 heavy (non-hydrogen) atoms. The van der Waals surface area contributed by atoms with Crippen LogP contribution in [0.2, 0.25) is 0 Å². The number of hydrazone groups is 1. The van der Waals surface area contributed by atoms with Gasteiger partial charge in [-0.25, -0.2) is 9.82 Å². The second kappa shape index (κ2) is 7.49. The second-order valence-electron chi connectivity index (χ2n) is 4.80. The first kappa shape index (κ1) is 16.5. The quantitative estimate of drug-likeness (QED) is 0.625. The number of anilines is 1. The average molecular weight is 365 g/mol. The Morgan fingerprint density at radius 2 is 2.17 bits per heavy atom. The van der Waals surface area contributed by atoms with E-state index in [4.69, 9.17) is 0 Å². The molecule has 10 heteroatoms. The van der Waals surface area contributed by atoms with E-state index in [1.807, 2.05) is 0 Å². The Hall–Kier alpha value is -2.33. The molecular weight excluding hydrogens is 353 g/mol. The molecule has 2 heterocycles. The van der Waals surface area contributed by atoms with E-state index in [9.17, 15) is 14.0 Å². The second-order valence-corrected chi connectivity index (χ2v) is 7.00. The summed E-state index contributed by atoms with van der Waals surface area (Å²) in [5.41, 5.74) is 3.08. The zero-order valence-corrected chi connectivity index (χ0v) is 13.9. The molecule has 0 aliphatic carbocycles. The summed E-state index contributed by atoms with van der Waals surface area (Å²) in [6.07, 6.45) is 0.511. The summed E-state index contributed by atoms with van der Waals surface area (Å²) in [6.45, 7) is 0. The lowest BCUT2D eigenvalue weighted by atomic mass is 10.2. The van der Waals surface area contributed by atoms with Crippen molar-refractivity contribution in [3.05, 3.63) is 35.6 Å². The van der Waals surface area contributed by atoms with Crippen molar-refractivity contribution in [2.24, 2.45) is 5.10 Å². The summed E-state index contributed by atoms with van der Waals surface area (Å²) in [7, 11) is 0. The van der Waals surface area contributed by atoms with Gasteiger partial charge in [0.15, 0.2) is 4.34 Å². The minimum atomic E-state index is -0.420. The summed E-state index contributed by atoms with van der Waals surface area (Å²) < 4.78 is 14.2. The van der Waals surface area contributed by atoms with E-state index in [2.05, 4.69) is 26.0 Å². The first-order chi connectivity index (χ1) is 11.6. The van der Waals surface area contributed by atoms with Crippen molar-refractivity contribution in [1.29, 1.82) is 0 Å². The normalized spacial score (nSPS) is 14.0. The molecule has 0 fully saturated rings. The van der Waals surface area contributed by atoms with Gasteiger partial charge in [0.2, 0.25) is 11.0 Å². The number of carbonyl (C=O) groups is 2. The number of hydrogen-bond acceptors (Lipinski definition) is 7. The van der Waals surface area contributed by atoms with Crippen molar-refractivity contribution in [2.75, 3.05) is 5.32 Å². The molecule has 0 atom stereocenters. The molecule has 3 rings (SSSR count). The van der Waals surface area contributed by atoms with Gasteiger partial charge in [0, 0.05) is 18.6 Å². The maximum absolute atomic E-state index is 13.6. The van der Waals surface area contributed by atoms with Crippen LogP contribution in [0.5, 0.6) is 0 Å². The molecule has 1 aliphatic heterocycles. The number of rotatable bonds is 5. The molecule has 0 spiro atoms. The van der Waals surface area contributed by atoms with Gasteiger partial charge in [-0.3, -0.25) is 14.9 Å². The van der Waals surface area contributed by atoms with E-state index in [1.54, 1.807) is 18.2 Å². The lowest BCUT2D eigenvalue weighted by Gasteiger charge is -2.10. The van der Waals surface area contributed by atoms with Gasteiger partial charge in [-0.15, -0.1) is 10.2 Å². The molecule has 1 aliphatic rings. The van der Waals surface area contributed by atoms with Gasteiger partial charge in [0.05, 0.1) is 0 Å². The molecule has 7 nitrogen and oxygen atoms in total. The van der Waals surface area contributed by atoms with E-state index < -0.39 is 5.91 Å². The molecule has 1 aromatic heterocycles. The number of thioether (sulfide) groups is 1. The number of nitrogens with zero attached hydrogens (tertiary/aromatic N) is 3. The van der Waals surface area contributed by atoms with Gasteiger partial charge in [-0.1, -0.05) is 41.3 Å². The van der Waals surface area contributed by atoms with Crippen LogP contribution in [0.1, 0.15) is 18.4 Å². The zero-order valence-electron chi connectivity index (χ0n) is 12.3. The lowest BCUT2D eigenvalue weighted by Crippen LogP contribution is -2.32. The fourth-order valence-electron chi connectivity index (χ4n) is 1.88. The van der Waals surface area contributed by atoms with Crippen molar-refractivity contribution in [3.63, 3.8) is 0 Å². The van der Waals surface area contributed by atoms with Crippen LogP contribution in [0.15, 0.2) is 33.7 Å². The highest BCUT2D eigenvalue weighted by molar-refractivity contribution is 8.00. The van der Waals surface area contributed by atoms with E-state index >= 15 is 0 Å². The van der Waals surface area contributed by atoms with E-state index in [0.29, 0.717) is 20.8 Å². The number of aromatic nitrogens is 2. The number of amides is 2. The fraction of sp³-hybridized carbons (Fsp3) is 0.214. The maximum Gasteiger partial charge on any atom is 0.273 e. The minimum Gasteiger partial charge on any atom is -0.295 e. The predicted octanol–water partition coefficient (Wildman–Crippen LogP) is 2.17. The Bertz CT molecular complexity index is 808. The van der Waals surface area contributed by atoms with Crippen molar-refractivity contribution in [1.82, 2.24) is 15.6 Å². The highest BCUT2D eigenvalue weighted by atomic mass is 32.2. The van der Waals surface area contributed by atoms with Crippen LogP contribution in [0.25, 0.3) is 0 Å². The molecule has 1 aromatic carbocycles. The van der Waals surface area contributed by atoms with Crippen LogP contribution in [-0.2, 0) is 15.3 Å². The first-order valence-corrected chi connectivity index (χ1v) is 8.78. The van der Waals surface area contributed by atoms with Crippen molar-refractivity contribution in [2.45, 2.75) is 22.9 Å². The summed E-state index contributed by atoms with van der Waals surface area (Å²) in [6, 6.07) is 6.53. The van der Waals surface area contributed by atoms with Gasteiger partial charge in [0.25, 0.3) is 5.91 Å². The van der Waals surface area contributed by atoms with Crippen LogP contribution >= 0.6 is 23.1 Å². The summed E-state index contributed by atoms with van der Waals surface area (Å²) in [4.78, 5) is 23.0. The Kier molecular flexibility index (Phi) is 5.16. The summed E-state index contributed by atoms with van der Waals surface area (Å²) in [5.74, 6) is -0.472. The van der Waals surface area contributed by atoms with E-state index in [-0.39, 0.29) is 30.3 Å². The average Bonchev–Trinajstić information content (AvgIpc) is 3.02. The molecule has 0 saturated carbocycles. The molecule has 124 valence electrons. The van der Waals surface area contributed by atoms with Crippen LogP contribution in [0.3, 0.4) is 0 Å². The van der Waals surface area contributed by atoms with Gasteiger partial charge < -0.3 is 0 Å². The van der Waals surface area contributed by atoms with E-state index in [1.165, 1.54) is 29.2 Å². The fourth-order valence-corrected chi connectivity index (χ4v) is 3.61. The minimum absolute atomic E-state index is 0.214. The number of nitrogens with one attached hydrogen (secondary N) is 2. The van der Waals surface area contributed by atoms with Gasteiger partial charge in [-0.2, -0.15) is 5.10 Å². The number of benzene rings is 1. The van der Waals surface area contributed by atoms with Crippen LogP contribution in [-0.4, -0.2) is 27.7 Å². The topological polar surface area (TPSA) is 96.3 Å². The smallest absolute Gasteiger partial charge is 0.273 e. The molecule has 2 amide bonds. The highest BCUT2D eigenvalue weighted by Crippen LogP contribution is 2.29. The number of hydrogen-bond donors (Lipinski definition) is 2. The lowest BCUT2D eigenvalue weighted by molar-refractivity contribution is -0.121. The third kappa shape index (κ3) is 4.15. The highest BCUT2D eigenvalue weighted by Gasteiger charge is 2.19. The Morgan fingerprint density at radius 3 is 2.92 bits per heavy atom. The third-order valence-electron chi connectivity index (χ3n) is 3.10. The molecule has 2 aromatic rings. The molecule has 0 unspecified atom stereocenters. The van der Waals surface area contributed by atoms with Crippen LogP contribution in [0.4, 0.5) is 9.52 Å². The van der Waals surface area contributed by atoms with Crippen molar-refractivity contribution >= 4 is 45.8 Å². The predicted molar refractivity (Wildman–Crippen MR) is 89.3 cm³/mol. The SMILES string of the molecule is O=C1CCC(C(=O)Nc2nnc(SCc3ccccc3F)s2)=NN1. The Labute approximate surface area is 144 Å². The summed E-state index contributed by atoms with van der Waals surface area (Å²) in [5, 5.41) is 14.5. The number of halogens is 1. The van der Waals surface area contributed by atoms with Crippen LogP contribution < -0.4 is 10.7 Å². The molecule has 2 N–H and O–H groups in total. The van der Waals surface area contributed by atoms with Gasteiger partial charge in [0.1, 0.15) is 11.5 Å². The standard InChI is InChI=1S/C14H12FN5O2S2/c15-9-4-2-1-3-8(9)7-23-14-20-19-13(24-14)16-12(22)10-5-6-11(21)18-17-10/h1-4H,5-7H2,(H,18,21)(H,16,19,22). The number of carbonyl (C=O) groups excluding carboxylic acids is 2. The first-order valence-electron chi connectivity index (χ1n) is 6.98. The van der Waals surface area contributed by atoms with Gasteiger partial charge >= 0.3 is 0 Å². The molecule has 0 bridgehead atoms. The van der Waals surface area contributed by atoms with Gasteiger partial charge in [-0.05, 0) is 11.6 Å². The van der Waals surface area contributed by atoms with Crippen molar-refractivity contribution < 1.29 is 14.0 Å². The zero-order chi connectivity index (χ0) is 16.9. The molecule has 0 radical (unpaired) electrons. The summed E-state index contributed by atoms with van der Waals surface area (Å²) >= 11 is 2.53. The third-order valence-corrected chi connectivity index (χ3v) is 5.12. The Balaban J connectivity index is 1.56. The van der Waals surface area contributed by atoms with Crippen molar-refractivity contribution in [3.8, 4) is 0 Å². The Morgan fingerprint density at radius 1 is 1.33 bits per heavy atom. The van der Waals surface area contributed by atoms with E-state index in [0.717, 1.165) is 0 Å². The monoisotopic (exact) mass is 365 g/mol. The largest absolute Gasteiger partial charge is 0.295 e. The maximum atomic E-state index is 13.6. The molecular formula is C14H12FN5O2S2. The van der Waals surface area contributed by atoms with Crippen LogP contribution in [0, 0.1) is 5.82 Å². The molecule has 0 saturated heterocycles.